The van der Waals surface area contributed by atoms with Gasteiger partial charge in [0.1, 0.15) is 10.7 Å². The van der Waals surface area contributed by atoms with E-state index in [1.54, 1.807) is 24.4 Å². The Morgan fingerprint density at radius 3 is 2.63 bits per heavy atom. The number of benzene rings is 1. The van der Waals surface area contributed by atoms with Gasteiger partial charge in [-0.15, -0.1) is 0 Å². The van der Waals surface area contributed by atoms with Crippen LogP contribution in [0.2, 0.25) is 5.02 Å². The molecule has 1 aromatic heterocycles. The standard InChI is InChI=1S/C12H10BrClN2O2S/c1-8-6-12(15-7-9(8)13)16-19(17,18)11-5-3-2-4-10(11)14/h2-7H,1H3,(H,15,16). The minimum atomic E-state index is -3.73. The monoisotopic (exact) mass is 360 g/mol. The van der Waals surface area contributed by atoms with Crippen LogP contribution in [0.3, 0.4) is 0 Å². The molecule has 0 radical (unpaired) electrons. The fraction of sp³-hybridized carbons (Fsp3) is 0.0833. The van der Waals surface area contributed by atoms with Gasteiger partial charge in [0.25, 0.3) is 10.0 Å². The molecule has 19 heavy (non-hydrogen) atoms. The molecule has 0 atom stereocenters. The zero-order chi connectivity index (χ0) is 14.0. The fourth-order valence-corrected chi connectivity index (χ4v) is 3.19. The fourth-order valence-electron chi connectivity index (χ4n) is 1.45. The Labute approximate surface area is 125 Å². The highest BCUT2D eigenvalue weighted by Gasteiger charge is 2.18. The molecular formula is C12H10BrClN2O2S. The lowest BCUT2D eigenvalue weighted by Crippen LogP contribution is -2.14. The molecule has 0 spiro atoms. The Morgan fingerprint density at radius 1 is 1.32 bits per heavy atom. The zero-order valence-corrected chi connectivity index (χ0v) is 13.1. The van der Waals surface area contributed by atoms with Crippen LogP contribution >= 0.6 is 27.5 Å². The van der Waals surface area contributed by atoms with Crippen molar-refractivity contribution in [1.82, 2.24) is 4.98 Å². The van der Waals surface area contributed by atoms with Crippen LogP contribution in [0.1, 0.15) is 5.56 Å². The third-order valence-electron chi connectivity index (χ3n) is 2.41. The number of pyridine rings is 1. The SMILES string of the molecule is Cc1cc(NS(=O)(=O)c2ccccc2Cl)ncc1Br. The summed E-state index contributed by atoms with van der Waals surface area (Å²) in [4.78, 5) is 4.03. The number of aromatic nitrogens is 1. The molecular weight excluding hydrogens is 352 g/mol. The molecule has 0 aliphatic rings. The van der Waals surface area contributed by atoms with Crippen LogP contribution in [0, 0.1) is 6.92 Å². The van der Waals surface area contributed by atoms with Gasteiger partial charge < -0.3 is 0 Å². The maximum Gasteiger partial charge on any atom is 0.264 e. The normalized spacial score (nSPS) is 11.3. The molecule has 1 aromatic carbocycles. The first-order valence-corrected chi connectivity index (χ1v) is 7.95. The molecule has 0 amide bonds. The number of rotatable bonds is 3. The molecule has 1 heterocycles. The number of nitrogens with one attached hydrogen (secondary N) is 1. The second-order valence-electron chi connectivity index (χ2n) is 3.85. The van der Waals surface area contributed by atoms with Crippen LogP contribution in [0.5, 0.6) is 0 Å². The first-order valence-electron chi connectivity index (χ1n) is 5.29. The second kappa shape index (κ2) is 5.48. The average molecular weight is 362 g/mol. The molecule has 0 saturated heterocycles. The molecule has 100 valence electrons. The van der Waals surface area contributed by atoms with Crippen molar-refractivity contribution in [2.24, 2.45) is 0 Å². The van der Waals surface area contributed by atoms with Crippen molar-refractivity contribution >= 4 is 43.4 Å². The summed E-state index contributed by atoms with van der Waals surface area (Å²) in [6.07, 6.45) is 1.54. The zero-order valence-electron chi connectivity index (χ0n) is 9.89. The average Bonchev–Trinajstić information content (AvgIpc) is 2.34. The molecule has 0 saturated carbocycles. The van der Waals surface area contributed by atoms with Gasteiger partial charge in [0, 0.05) is 10.7 Å². The van der Waals surface area contributed by atoms with Crippen molar-refractivity contribution in [3.8, 4) is 0 Å². The van der Waals surface area contributed by atoms with E-state index in [0.717, 1.165) is 10.0 Å². The number of aryl methyl sites for hydroxylation is 1. The highest BCUT2D eigenvalue weighted by Crippen LogP contribution is 2.24. The summed E-state index contributed by atoms with van der Waals surface area (Å²) in [5.74, 6) is 0.251. The van der Waals surface area contributed by atoms with Crippen LogP contribution in [-0.4, -0.2) is 13.4 Å². The number of hydrogen-bond donors (Lipinski definition) is 1. The molecule has 0 unspecified atom stereocenters. The van der Waals surface area contributed by atoms with E-state index < -0.39 is 10.0 Å². The summed E-state index contributed by atoms with van der Waals surface area (Å²) in [7, 11) is -3.73. The van der Waals surface area contributed by atoms with Crippen molar-refractivity contribution in [1.29, 1.82) is 0 Å². The summed E-state index contributed by atoms with van der Waals surface area (Å²) < 4.78 is 27.6. The number of anilines is 1. The number of hydrogen-bond acceptors (Lipinski definition) is 3. The lowest BCUT2D eigenvalue weighted by atomic mass is 10.3. The van der Waals surface area contributed by atoms with E-state index in [0.29, 0.717) is 0 Å². The van der Waals surface area contributed by atoms with Gasteiger partial charge in [0.2, 0.25) is 0 Å². The van der Waals surface area contributed by atoms with Crippen LogP contribution in [0.4, 0.5) is 5.82 Å². The van der Waals surface area contributed by atoms with Gasteiger partial charge in [-0.25, -0.2) is 13.4 Å². The highest BCUT2D eigenvalue weighted by atomic mass is 79.9. The molecule has 0 aliphatic carbocycles. The Morgan fingerprint density at radius 2 is 2.00 bits per heavy atom. The summed E-state index contributed by atoms with van der Waals surface area (Å²) in [5, 5.41) is 0.170. The first kappa shape index (κ1) is 14.3. The lowest BCUT2D eigenvalue weighted by Gasteiger charge is -2.09. The molecule has 0 fully saturated rings. The van der Waals surface area contributed by atoms with Gasteiger partial charge in [-0.2, -0.15) is 0 Å². The quantitative estimate of drug-likeness (QED) is 0.908. The summed E-state index contributed by atoms with van der Waals surface area (Å²) in [5.41, 5.74) is 0.881. The van der Waals surface area contributed by atoms with E-state index in [9.17, 15) is 8.42 Å². The summed E-state index contributed by atoms with van der Waals surface area (Å²) >= 11 is 9.19. The molecule has 4 nitrogen and oxygen atoms in total. The van der Waals surface area contributed by atoms with Gasteiger partial charge in [0.05, 0.1) is 5.02 Å². The van der Waals surface area contributed by atoms with Crippen LogP contribution in [0.15, 0.2) is 45.9 Å². The van der Waals surface area contributed by atoms with Gasteiger partial charge in [-0.1, -0.05) is 23.7 Å². The topological polar surface area (TPSA) is 59.1 Å². The van der Waals surface area contributed by atoms with Crippen molar-refractivity contribution in [3.05, 3.63) is 51.6 Å². The van der Waals surface area contributed by atoms with E-state index in [4.69, 9.17) is 11.6 Å². The number of nitrogens with zero attached hydrogens (tertiary/aromatic N) is 1. The Bertz CT molecular complexity index is 719. The largest absolute Gasteiger partial charge is 0.264 e. The molecule has 0 aliphatic heterocycles. The Kier molecular flexibility index (Phi) is 4.13. The van der Waals surface area contributed by atoms with E-state index in [1.807, 2.05) is 6.92 Å². The van der Waals surface area contributed by atoms with Gasteiger partial charge in [-0.3, -0.25) is 4.72 Å². The van der Waals surface area contributed by atoms with Crippen LogP contribution in [-0.2, 0) is 10.0 Å². The van der Waals surface area contributed by atoms with Gasteiger partial charge in [0.15, 0.2) is 0 Å². The van der Waals surface area contributed by atoms with E-state index in [1.165, 1.54) is 12.1 Å². The maximum atomic E-state index is 12.2. The van der Waals surface area contributed by atoms with Gasteiger partial charge in [-0.05, 0) is 46.6 Å². The molecule has 2 rings (SSSR count). The minimum Gasteiger partial charge on any atom is -0.263 e. The number of halogens is 2. The number of sulfonamides is 1. The van der Waals surface area contributed by atoms with E-state index >= 15 is 0 Å². The summed E-state index contributed by atoms with van der Waals surface area (Å²) in [6.45, 7) is 1.85. The van der Waals surface area contributed by atoms with Gasteiger partial charge >= 0.3 is 0 Å². The lowest BCUT2D eigenvalue weighted by molar-refractivity contribution is 0.601. The minimum absolute atomic E-state index is 0.0269. The van der Waals surface area contributed by atoms with E-state index in [-0.39, 0.29) is 15.7 Å². The van der Waals surface area contributed by atoms with Crippen molar-refractivity contribution in [3.63, 3.8) is 0 Å². The van der Waals surface area contributed by atoms with Crippen LogP contribution < -0.4 is 4.72 Å². The Balaban J connectivity index is 2.37. The second-order valence-corrected chi connectivity index (χ2v) is 6.77. The molecule has 2 aromatic rings. The highest BCUT2D eigenvalue weighted by molar-refractivity contribution is 9.10. The maximum absolute atomic E-state index is 12.2. The van der Waals surface area contributed by atoms with Crippen molar-refractivity contribution in [2.45, 2.75) is 11.8 Å². The van der Waals surface area contributed by atoms with Crippen molar-refractivity contribution < 1.29 is 8.42 Å². The van der Waals surface area contributed by atoms with E-state index in [2.05, 4.69) is 25.6 Å². The predicted molar refractivity (Wildman–Crippen MR) is 78.9 cm³/mol. The van der Waals surface area contributed by atoms with Crippen LogP contribution in [0.25, 0.3) is 0 Å². The first-order chi connectivity index (χ1) is 8.90. The predicted octanol–water partition coefficient (Wildman–Crippen LogP) is 3.61. The third kappa shape index (κ3) is 3.26. The molecule has 7 heteroatoms. The van der Waals surface area contributed by atoms with Crippen molar-refractivity contribution in [2.75, 3.05) is 4.72 Å². The summed E-state index contributed by atoms with van der Waals surface area (Å²) in [6, 6.07) is 7.88. The molecule has 1 N–H and O–H groups in total. The third-order valence-corrected chi connectivity index (χ3v) is 5.10. The smallest absolute Gasteiger partial charge is 0.263 e. The molecule has 0 bridgehead atoms. The Hall–Kier alpha value is -1.11.